The lowest BCUT2D eigenvalue weighted by molar-refractivity contribution is -0.164. The zero-order valence-electron chi connectivity index (χ0n) is 18.4. The lowest BCUT2D eigenvalue weighted by atomic mass is 9.86. The summed E-state index contributed by atoms with van der Waals surface area (Å²) in [6, 6.07) is 3.67. The fraction of sp³-hybridized carbons (Fsp3) is 0.652. The van der Waals surface area contributed by atoms with Crippen LogP contribution in [-0.4, -0.2) is 41.9 Å². The van der Waals surface area contributed by atoms with Gasteiger partial charge in [-0.15, -0.1) is 0 Å². The van der Waals surface area contributed by atoms with E-state index < -0.39 is 17.4 Å². The third-order valence-electron chi connectivity index (χ3n) is 5.96. The monoisotopic (exact) mass is 499 g/mol. The summed E-state index contributed by atoms with van der Waals surface area (Å²) in [5, 5.41) is 22.0. The highest BCUT2D eigenvalue weighted by Gasteiger charge is 2.51. The first kappa shape index (κ1) is 25.5. The molecule has 0 heterocycles. The molecule has 1 aromatic rings. The van der Waals surface area contributed by atoms with Crippen LogP contribution < -0.4 is 14.8 Å². The Labute approximate surface area is 192 Å². The molecular formula is C23H34BrNO6. The molecule has 8 heteroatoms. The molecule has 0 radical (unpaired) electrons. The minimum atomic E-state index is -1.69. The summed E-state index contributed by atoms with van der Waals surface area (Å²) in [7, 11) is 1.60. The molecule has 1 unspecified atom stereocenters. The Morgan fingerprint density at radius 2 is 1.84 bits per heavy atom. The van der Waals surface area contributed by atoms with Crippen LogP contribution in [0.1, 0.15) is 70.3 Å². The van der Waals surface area contributed by atoms with Crippen molar-refractivity contribution in [2.75, 3.05) is 13.7 Å². The Bertz CT molecular complexity index is 740. The fourth-order valence-corrected chi connectivity index (χ4v) is 4.64. The van der Waals surface area contributed by atoms with E-state index in [1.807, 2.05) is 12.1 Å². The molecule has 2 rings (SSSR count). The van der Waals surface area contributed by atoms with Crippen molar-refractivity contribution >= 4 is 27.9 Å². The third kappa shape index (κ3) is 6.84. The number of carboxylic acids is 2. The highest BCUT2D eigenvalue weighted by molar-refractivity contribution is 9.10. The van der Waals surface area contributed by atoms with Crippen molar-refractivity contribution in [2.45, 2.75) is 77.3 Å². The first-order valence-electron chi connectivity index (χ1n) is 11.0. The topological polar surface area (TPSA) is 105 Å². The van der Waals surface area contributed by atoms with Gasteiger partial charge < -0.3 is 25.0 Å². The number of benzene rings is 1. The van der Waals surface area contributed by atoms with Gasteiger partial charge in [-0.05, 0) is 59.3 Å². The third-order valence-corrected chi connectivity index (χ3v) is 6.55. The van der Waals surface area contributed by atoms with E-state index in [4.69, 9.17) is 9.47 Å². The lowest BCUT2D eigenvalue weighted by Gasteiger charge is -2.19. The number of methoxy groups -OCH3 is 1. The molecule has 3 N–H and O–H groups in total. The average molecular weight is 500 g/mol. The summed E-state index contributed by atoms with van der Waals surface area (Å²) in [6.07, 6.45) is 7.89. The largest absolute Gasteiger partial charge is 0.493 e. The van der Waals surface area contributed by atoms with Crippen LogP contribution in [0.4, 0.5) is 0 Å². The van der Waals surface area contributed by atoms with Crippen LogP contribution in [-0.2, 0) is 16.1 Å². The standard InChI is InChI=1S/C23H34BrNO6/c1-3-4-5-6-7-8-11-31-20-18(24)12-16(13-19(20)30-2)15-25-17-9-10-23(14-17,21(26)27)22(28)29/h12-13,17,25H,3-11,14-15H2,1-2H3,(H,26,27)(H,28,29). The number of carboxylic acid groups (broad SMARTS) is 2. The lowest BCUT2D eigenvalue weighted by Crippen LogP contribution is -2.39. The van der Waals surface area contributed by atoms with Gasteiger partial charge in [-0.2, -0.15) is 0 Å². The molecule has 0 aromatic heterocycles. The van der Waals surface area contributed by atoms with Crippen molar-refractivity contribution in [1.29, 1.82) is 0 Å². The second kappa shape index (κ2) is 12.3. The number of ether oxygens (including phenoxy) is 2. The van der Waals surface area contributed by atoms with Crippen LogP contribution in [0, 0.1) is 5.41 Å². The number of halogens is 1. The number of hydrogen-bond donors (Lipinski definition) is 3. The van der Waals surface area contributed by atoms with E-state index in [0.717, 1.165) is 22.9 Å². The maximum absolute atomic E-state index is 11.5. The van der Waals surface area contributed by atoms with Crippen molar-refractivity contribution in [2.24, 2.45) is 5.41 Å². The second-order valence-electron chi connectivity index (χ2n) is 8.24. The van der Waals surface area contributed by atoms with Gasteiger partial charge in [0.05, 0.1) is 18.2 Å². The summed E-state index contributed by atoms with van der Waals surface area (Å²) in [5.41, 5.74) is -0.747. The highest BCUT2D eigenvalue weighted by atomic mass is 79.9. The predicted molar refractivity (Wildman–Crippen MR) is 122 cm³/mol. The van der Waals surface area contributed by atoms with Crippen LogP contribution in [0.15, 0.2) is 16.6 Å². The van der Waals surface area contributed by atoms with Gasteiger partial charge in [0.15, 0.2) is 16.9 Å². The van der Waals surface area contributed by atoms with Gasteiger partial charge in [-0.25, -0.2) is 0 Å². The zero-order chi connectivity index (χ0) is 22.9. The first-order chi connectivity index (χ1) is 14.8. The van der Waals surface area contributed by atoms with Crippen LogP contribution in [0.5, 0.6) is 11.5 Å². The first-order valence-corrected chi connectivity index (χ1v) is 11.8. The molecule has 174 valence electrons. The highest BCUT2D eigenvalue weighted by Crippen LogP contribution is 2.40. The molecule has 0 spiro atoms. The molecule has 1 aliphatic rings. The number of aliphatic carboxylic acids is 2. The molecular weight excluding hydrogens is 466 g/mol. The number of rotatable bonds is 14. The number of carbonyl (C=O) groups is 2. The van der Waals surface area contributed by atoms with Gasteiger partial charge in [-0.3, -0.25) is 9.59 Å². The minimum absolute atomic E-state index is 0.0788. The quantitative estimate of drug-likeness (QED) is 0.244. The maximum atomic E-state index is 11.5. The molecule has 0 aliphatic heterocycles. The predicted octanol–water partition coefficient (Wildman–Crippen LogP) is 4.99. The Morgan fingerprint density at radius 3 is 2.45 bits per heavy atom. The van der Waals surface area contributed by atoms with Crippen molar-refractivity contribution < 1.29 is 29.3 Å². The normalized spacial score (nSPS) is 17.5. The van der Waals surface area contributed by atoms with E-state index in [1.54, 1.807) is 7.11 Å². The van der Waals surface area contributed by atoms with Crippen LogP contribution in [0.25, 0.3) is 0 Å². The molecule has 1 atom stereocenters. The van der Waals surface area contributed by atoms with E-state index in [1.165, 1.54) is 25.7 Å². The van der Waals surface area contributed by atoms with Crippen molar-refractivity contribution in [3.63, 3.8) is 0 Å². The van der Waals surface area contributed by atoms with E-state index >= 15 is 0 Å². The molecule has 0 bridgehead atoms. The van der Waals surface area contributed by atoms with Gasteiger partial charge in [0, 0.05) is 12.6 Å². The number of unbranched alkanes of at least 4 members (excludes halogenated alkanes) is 5. The average Bonchev–Trinajstić information content (AvgIpc) is 3.18. The van der Waals surface area contributed by atoms with Crippen molar-refractivity contribution in [3.05, 3.63) is 22.2 Å². The number of nitrogens with one attached hydrogen (secondary N) is 1. The Hall–Kier alpha value is -1.80. The Balaban J connectivity index is 1.90. The Kier molecular flexibility index (Phi) is 10.1. The summed E-state index contributed by atoms with van der Waals surface area (Å²) in [6.45, 7) is 3.32. The van der Waals surface area contributed by atoms with Gasteiger partial charge in [0.2, 0.25) is 0 Å². The fourth-order valence-electron chi connectivity index (χ4n) is 4.03. The minimum Gasteiger partial charge on any atom is -0.493 e. The van der Waals surface area contributed by atoms with Gasteiger partial charge in [0.25, 0.3) is 0 Å². The smallest absolute Gasteiger partial charge is 0.321 e. The van der Waals surface area contributed by atoms with Crippen molar-refractivity contribution in [3.8, 4) is 11.5 Å². The summed E-state index contributed by atoms with van der Waals surface area (Å²) < 4.78 is 12.3. The second-order valence-corrected chi connectivity index (χ2v) is 9.09. The van der Waals surface area contributed by atoms with E-state index in [2.05, 4.69) is 28.2 Å². The van der Waals surface area contributed by atoms with E-state index in [9.17, 15) is 19.8 Å². The summed E-state index contributed by atoms with van der Waals surface area (Å²) in [5.74, 6) is -1.22. The van der Waals surface area contributed by atoms with Gasteiger partial charge in [-0.1, -0.05) is 39.0 Å². The van der Waals surface area contributed by atoms with Crippen LogP contribution in [0.2, 0.25) is 0 Å². The molecule has 31 heavy (non-hydrogen) atoms. The van der Waals surface area contributed by atoms with Gasteiger partial charge in [0.1, 0.15) is 0 Å². The number of hydrogen-bond acceptors (Lipinski definition) is 5. The maximum Gasteiger partial charge on any atom is 0.321 e. The summed E-state index contributed by atoms with van der Waals surface area (Å²) in [4.78, 5) is 23.0. The van der Waals surface area contributed by atoms with E-state index in [0.29, 0.717) is 31.1 Å². The molecule has 1 fully saturated rings. The van der Waals surface area contributed by atoms with E-state index in [-0.39, 0.29) is 18.9 Å². The van der Waals surface area contributed by atoms with Crippen LogP contribution >= 0.6 is 15.9 Å². The molecule has 0 amide bonds. The van der Waals surface area contributed by atoms with Crippen molar-refractivity contribution in [1.82, 2.24) is 5.32 Å². The Morgan fingerprint density at radius 1 is 1.16 bits per heavy atom. The molecule has 0 saturated heterocycles. The van der Waals surface area contributed by atoms with Gasteiger partial charge >= 0.3 is 11.9 Å². The summed E-state index contributed by atoms with van der Waals surface area (Å²) >= 11 is 3.56. The van der Waals surface area contributed by atoms with Crippen LogP contribution in [0.3, 0.4) is 0 Å². The SMILES string of the molecule is CCCCCCCCOc1c(Br)cc(CNC2CCC(C(=O)O)(C(=O)O)C2)cc1OC. The molecule has 7 nitrogen and oxygen atoms in total. The molecule has 1 saturated carbocycles. The zero-order valence-corrected chi connectivity index (χ0v) is 20.0. The molecule has 1 aromatic carbocycles. The molecule has 1 aliphatic carbocycles.